The van der Waals surface area contributed by atoms with E-state index in [0.29, 0.717) is 0 Å². The molecule has 0 amide bonds. The minimum absolute atomic E-state index is 0. The van der Waals surface area contributed by atoms with Crippen LogP contribution >= 0.6 is 24.0 Å². The zero-order valence-electron chi connectivity index (χ0n) is 2.98. The molecule has 1 nitrogen and oxygen atoms in total. The number of carbonyl (C=O) groups is 1. The van der Waals surface area contributed by atoms with Crippen LogP contribution in [-0.4, -0.2) is 5.24 Å². The van der Waals surface area contributed by atoms with Gasteiger partial charge in [-0.1, -0.05) is 6.58 Å². The van der Waals surface area contributed by atoms with Crippen LogP contribution in [0.15, 0.2) is 12.7 Å². The highest BCUT2D eigenvalue weighted by atomic mass is 35.5. The average Bonchev–Trinajstić information content (AvgIpc) is 1.38. The topological polar surface area (TPSA) is 17.1 Å². The maximum absolute atomic E-state index is 9.46. The summed E-state index contributed by atoms with van der Waals surface area (Å²) in [6, 6.07) is 0. The molecule has 0 N–H and O–H groups in total. The van der Waals surface area contributed by atoms with E-state index >= 15 is 0 Å². The number of halogens is 2. The van der Waals surface area contributed by atoms with Crippen LogP contribution in [0, 0.1) is 0 Å². The molecule has 0 heterocycles. The zero-order valence-corrected chi connectivity index (χ0v) is 4.55. The molecule has 0 aliphatic rings. The predicted molar refractivity (Wildman–Crippen MR) is 28.3 cm³/mol. The minimum Gasteiger partial charge on any atom is -0.276 e. The van der Waals surface area contributed by atoms with Crippen LogP contribution in [-0.2, 0) is 4.79 Å². The van der Waals surface area contributed by atoms with Gasteiger partial charge in [-0.25, -0.2) is 0 Å². The third-order valence-corrected chi connectivity index (χ3v) is 0.315. The molecule has 0 rings (SSSR count). The van der Waals surface area contributed by atoms with Crippen molar-refractivity contribution in [3.8, 4) is 0 Å². The summed E-state index contributed by atoms with van der Waals surface area (Å²) >= 11 is 4.71. The summed E-state index contributed by atoms with van der Waals surface area (Å²) in [5.41, 5.74) is 0. The minimum atomic E-state index is -0.509. The van der Waals surface area contributed by atoms with Gasteiger partial charge in [-0.15, -0.1) is 12.4 Å². The molecule has 0 saturated heterocycles. The fraction of sp³-hybridized carbons (Fsp3) is 0. The Bertz CT molecular complexity index is 59.8. The lowest BCUT2D eigenvalue weighted by Gasteiger charge is -1.59. The Morgan fingerprint density at radius 2 is 2.00 bits per heavy atom. The van der Waals surface area contributed by atoms with E-state index in [0.717, 1.165) is 6.08 Å². The van der Waals surface area contributed by atoms with Crippen LogP contribution < -0.4 is 0 Å². The van der Waals surface area contributed by atoms with Gasteiger partial charge in [0.15, 0.2) is 0 Å². The lowest BCUT2D eigenvalue weighted by Crippen LogP contribution is -1.67. The van der Waals surface area contributed by atoms with Gasteiger partial charge < -0.3 is 0 Å². The predicted octanol–water partition coefficient (Wildman–Crippen LogP) is 1.36. The van der Waals surface area contributed by atoms with Crippen molar-refractivity contribution in [3.63, 3.8) is 0 Å². The molecule has 0 aliphatic carbocycles. The highest BCUT2D eigenvalue weighted by molar-refractivity contribution is 6.66. The van der Waals surface area contributed by atoms with Crippen molar-refractivity contribution in [1.82, 2.24) is 0 Å². The molecule has 36 valence electrons. The van der Waals surface area contributed by atoms with E-state index in [2.05, 4.69) is 6.58 Å². The summed E-state index contributed by atoms with van der Waals surface area (Å²) in [6.45, 7) is 3.08. The Morgan fingerprint density at radius 1 is 1.83 bits per heavy atom. The quantitative estimate of drug-likeness (QED) is 0.384. The molecule has 0 spiro atoms. The van der Waals surface area contributed by atoms with E-state index in [4.69, 9.17) is 11.6 Å². The molecule has 6 heavy (non-hydrogen) atoms. The number of allylic oxidation sites excluding steroid dienone is 1. The van der Waals surface area contributed by atoms with Crippen LogP contribution in [0.1, 0.15) is 0 Å². The van der Waals surface area contributed by atoms with Crippen molar-refractivity contribution in [2.75, 3.05) is 0 Å². The van der Waals surface area contributed by atoms with Crippen LogP contribution in [0.5, 0.6) is 0 Å². The smallest absolute Gasteiger partial charge is 0.244 e. The normalized spacial score (nSPS) is 5.50. The molecule has 0 fully saturated rings. The highest BCUT2D eigenvalue weighted by Crippen LogP contribution is 1.74. The van der Waals surface area contributed by atoms with Crippen LogP contribution in [0.3, 0.4) is 0 Å². The number of carbonyl (C=O) groups excluding carboxylic acids is 1. The summed E-state index contributed by atoms with van der Waals surface area (Å²) in [5.74, 6) is 0. The van der Waals surface area contributed by atoms with E-state index in [1.165, 1.54) is 0 Å². The standard InChI is InChI=1S/C3H3ClO.ClH/c1-2-3(4)5;/h2H,1H2;1H. The van der Waals surface area contributed by atoms with Crippen LogP contribution in [0.25, 0.3) is 0 Å². The number of hydrogen-bond donors (Lipinski definition) is 0. The van der Waals surface area contributed by atoms with Gasteiger partial charge in [0.25, 0.3) is 0 Å². The summed E-state index contributed by atoms with van der Waals surface area (Å²) in [7, 11) is 0. The van der Waals surface area contributed by atoms with Gasteiger partial charge in [0, 0.05) is 0 Å². The van der Waals surface area contributed by atoms with E-state index in [1.54, 1.807) is 0 Å². The molecule has 0 aromatic carbocycles. The van der Waals surface area contributed by atoms with Gasteiger partial charge in [0.2, 0.25) is 5.24 Å². The van der Waals surface area contributed by atoms with Crippen molar-refractivity contribution in [2.45, 2.75) is 0 Å². The van der Waals surface area contributed by atoms with E-state index in [-0.39, 0.29) is 12.4 Å². The number of hydrogen-bond acceptors (Lipinski definition) is 1. The van der Waals surface area contributed by atoms with Crippen molar-refractivity contribution >= 4 is 29.3 Å². The van der Waals surface area contributed by atoms with Crippen molar-refractivity contribution in [3.05, 3.63) is 12.7 Å². The molecule has 0 bridgehead atoms. The first-order valence-electron chi connectivity index (χ1n) is 1.09. The molecule has 0 saturated carbocycles. The van der Waals surface area contributed by atoms with E-state index in [9.17, 15) is 4.79 Å². The summed E-state index contributed by atoms with van der Waals surface area (Å²) in [4.78, 5) is 9.46. The molecule has 0 aliphatic heterocycles. The Morgan fingerprint density at radius 3 is 2.00 bits per heavy atom. The van der Waals surface area contributed by atoms with Gasteiger partial charge in [-0.2, -0.15) is 0 Å². The van der Waals surface area contributed by atoms with E-state index < -0.39 is 5.24 Å². The van der Waals surface area contributed by atoms with Crippen molar-refractivity contribution in [1.29, 1.82) is 0 Å². The fourth-order valence-electron chi connectivity index (χ4n) is 0. The molecule has 0 radical (unpaired) electrons. The first kappa shape index (κ1) is 9.37. The van der Waals surface area contributed by atoms with Gasteiger partial charge in [0.1, 0.15) is 0 Å². The SMILES string of the molecule is C=CC(=O)Cl.Cl. The maximum atomic E-state index is 9.46. The fourth-order valence-corrected chi connectivity index (χ4v) is 0. The second-order valence-electron chi connectivity index (χ2n) is 0.508. The summed E-state index contributed by atoms with van der Waals surface area (Å²) in [5, 5.41) is -0.509. The average molecular weight is 127 g/mol. The first-order valence-corrected chi connectivity index (χ1v) is 1.47. The van der Waals surface area contributed by atoms with Crippen LogP contribution in [0.4, 0.5) is 0 Å². The summed E-state index contributed by atoms with van der Waals surface area (Å²) < 4.78 is 0. The lowest BCUT2D eigenvalue weighted by atomic mass is 10.7. The van der Waals surface area contributed by atoms with Gasteiger partial charge in [0.05, 0.1) is 0 Å². The van der Waals surface area contributed by atoms with Crippen molar-refractivity contribution in [2.24, 2.45) is 0 Å². The highest BCUT2D eigenvalue weighted by Gasteiger charge is 1.74. The third-order valence-electron chi connectivity index (χ3n) is 0.160. The molecule has 0 atom stereocenters. The van der Waals surface area contributed by atoms with Crippen LogP contribution in [0.2, 0.25) is 0 Å². The molecular weight excluding hydrogens is 123 g/mol. The molecule has 0 unspecified atom stereocenters. The molecule has 3 heteroatoms. The van der Waals surface area contributed by atoms with Gasteiger partial charge >= 0.3 is 0 Å². The molecular formula is C3H4Cl2O. The Labute approximate surface area is 47.4 Å². The largest absolute Gasteiger partial charge is 0.276 e. The second kappa shape index (κ2) is 4.99. The summed E-state index contributed by atoms with van der Waals surface area (Å²) in [6.07, 6.45) is 1.04. The Hall–Kier alpha value is -0.0100. The Kier molecular flexibility index (Phi) is 7.79. The Balaban J connectivity index is 0. The lowest BCUT2D eigenvalue weighted by molar-refractivity contribution is -0.107. The zero-order chi connectivity index (χ0) is 4.28. The van der Waals surface area contributed by atoms with Gasteiger partial charge in [-0.05, 0) is 17.7 Å². The number of rotatable bonds is 1. The van der Waals surface area contributed by atoms with E-state index in [1.807, 2.05) is 0 Å². The first-order chi connectivity index (χ1) is 2.27. The third kappa shape index (κ3) is 9.01. The monoisotopic (exact) mass is 126 g/mol. The van der Waals surface area contributed by atoms with Crippen molar-refractivity contribution < 1.29 is 4.79 Å². The van der Waals surface area contributed by atoms with Gasteiger partial charge in [-0.3, -0.25) is 4.79 Å². The maximum Gasteiger partial charge on any atom is 0.244 e. The molecule has 0 aromatic rings. The molecule has 0 aromatic heterocycles. The second-order valence-corrected chi connectivity index (χ2v) is 0.881.